The van der Waals surface area contributed by atoms with Crippen LogP contribution in [0.4, 0.5) is 0 Å². The minimum atomic E-state index is 0. The standard InChI is InChI=1S/C17H24N4OS.2ClH/c1-18-9-13-7-8-20(10-13)17(22)11-21-15-6-4-3-5-14(15)19-16(21)12-23-2;;/h3-6,13,18H,7-12H2,1-2H3;2*1H. The number of fused-ring (bicyclic) bond motifs is 1. The molecule has 0 spiro atoms. The summed E-state index contributed by atoms with van der Waals surface area (Å²) in [6.45, 7) is 3.11. The third kappa shape index (κ3) is 5.03. The van der Waals surface area contributed by atoms with E-state index in [0.29, 0.717) is 12.5 Å². The van der Waals surface area contributed by atoms with E-state index in [2.05, 4.69) is 21.1 Å². The molecule has 140 valence electrons. The Labute approximate surface area is 165 Å². The van der Waals surface area contributed by atoms with Crippen LogP contribution < -0.4 is 5.32 Å². The number of para-hydroxylation sites is 2. The van der Waals surface area contributed by atoms with Gasteiger partial charge in [0.15, 0.2) is 0 Å². The number of nitrogens with one attached hydrogen (secondary N) is 1. The number of likely N-dealkylation sites (tertiary alicyclic amines) is 1. The van der Waals surface area contributed by atoms with Crippen LogP contribution in [0.3, 0.4) is 0 Å². The minimum Gasteiger partial charge on any atom is -0.341 e. The van der Waals surface area contributed by atoms with Gasteiger partial charge >= 0.3 is 0 Å². The van der Waals surface area contributed by atoms with Crippen LogP contribution in [0.5, 0.6) is 0 Å². The molecular formula is C17H26Cl2N4OS. The van der Waals surface area contributed by atoms with Crippen molar-refractivity contribution < 1.29 is 4.79 Å². The third-order valence-corrected chi connectivity index (χ3v) is 4.98. The van der Waals surface area contributed by atoms with Crippen LogP contribution in [0.15, 0.2) is 24.3 Å². The predicted octanol–water partition coefficient (Wildman–Crippen LogP) is 2.81. The summed E-state index contributed by atoms with van der Waals surface area (Å²) >= 11 is 1.73. The van der Waals surface area contributed by atoms with Gasteiger partial charge in [0.1, 0.15) is 12.4 Å². The van der Waals surface area contributed by atoms with Crippen LogP contribution >= 0.6 is 36.6 Å². The number of hydrogen-bond donors (Lipinski definition) is 1. The van der Waals surface area contributed by atoms with Gasteiger partial charge in [-0.05, 0) is 44.3 Å². The van der Waals surface area contributed by atoms with E-state index in [1.807, 2.05) is 36.2 Å². The lowest BCUT2D eigenvalue weighted by atomic mass is 10.1. The second kappa shape index (κ2) is 10.3. The monoisotopic (exact) mass is 404 g/mol. The highest BCUT2D eigenvalue weighted by atomic mass is 35.5. The largest absolute Gasteiger partial charge is 0.341 e. The van der Waals surface area contributed by atoms with E-state index < -0.39 is 0 Å². The maximum atomic E-state index is 12.7. The number of halogens is 2. The van der Waals surface area contributed by atoms with Gasteiger partial charge in [0.2, 0.25) is 5.91 Å². The van der Waals surface area contributed by atoms with Gasteiger partial charge in [-0.1, -0.05) is 12.1 Å². The molecule has 0 bridgehead atoms. The summed E-state index contributed by atoms with van der Waals surface area (Å²) in [5.41, 5.74) is 2.02. The lowest BCUT2D eigenvalue weighted by Gasteiger charge is -2.18. The lowest BCUT2D eigenvalue weighted by molar-refractivity contribution is -0.130. The molecule has 0 saturated carbocycles. The molecule has 2 aromatic rings. The molecule has 1 amide bonds. The van der Waals surface area contributed by atoms with Crippen molar-refractivity contribution in [2.45, 2.75) is 18.7 Å². The van der Waals surface area contributed by atoms with E-state index in [1.54, 1.807) is 11.8 Å². The summed E-state index contributed by atoms with van der Waals surface area (Å²) in [6, 6.07) is 8.06. The first kappa shape index (κ1) is 22.1. The number of thioether (sulfide) groups is 1. The lowest BCUT2D eigenvalue weighted by Crippen LogP contribution is -2.33. The van der Waals surface area contributed by atoms with Crippen LogP contribution in [-0.4, -0.2) is 53.3 Å². The number of rotatable bonds is 6. The molecule has 1 N–H and O–H groups in total. The van der Waals surface area contributed by atoms with E-state index >= 15 is 0 Å². The maximum Gasteiger partial charge on any atom is 0.242 e. The minimum absolute atomic E-state index is 0. The highest BCUT2D eigenvalue weighted by molar-refractivity contribution is 7.97. The van der Waals surface area contributed by atoms with Gasteiger partial charge in [-0.2, -0.15) is 11.8 Å². The quantitative estimate of drug-likeness (QED) is 0.803. The Morgan fingerprint density at radius 2 is 2.12 bits per heavy atom. The van der Waals surface area contributed by atoms with E-state index in [1.165, 1.54) is 0 Å². The van der Waals surface area contributed by atoms with Crippen LogP contribution in [0.25, 0.3) is 11.0 Å². The molecule has 8 heteroatoms. The first-order chi connectivity index (χ1) is 11.2. The molecule has 2 heterocycles. The number of imidazole rings is 1. The van der Waals surface area contributed by atoms with Crippen LogP contribution in [-0.2, 0) is 17.1 Å². The number of aromatic nitrogens is 2. The number of nitrogens with zero attached hydrogens (tertiary/aromatic N) is 3. The highest BCUT2D eigenvalue weighted by Gasteiger charge is 2.26. The Kier molecular flexibility index (Phi) is 9.07. The molecular weight excluding hydrogens is 379 g/mol. The molecule has 25 heavy (non-hydrogen) atoms. The predicted molar refractivity (Wildman–Crippen MR) is 110 cm³/mol. The van der Waals surface area contributed by atoms with Gasteiger partial charge in [-0.15, -0.1) is 24.8 Å². The van der Waals surface area contributed by atoms with Crippen molar-refractivity contribution in [1.82, 2.24) is 19.8 Å². The molecule has 1 aliphatic heterocycles. The molecule has 1 unspecified atom stereocenters. The molecule has 1 fully saturated rings. The van der Waals surface area contributed by atoms with Gasteiger partial charge in [0.05, 0.1) is 16.8 Å². The average molecular weight is 405 g/mol. The zero-order valence-electron chi connectivity index (χ0n) is 14.6. The van der Waals surface area contributed by atoms with Crippen molar-refractivity contribution in [2.24, 2.45) is 5.92 Å². The number of carbonyl (C=O) groups is 1. The highest BCUT2D eigenvalue weighted by Crippen LogP contribution is 2.21. The fourth-order valence-electron chi connectivity index (χ4n) is 3.29. The van der Waals surface area contributed by atoms with Gasteiger partial charge < -0.3 is 14.8 Å². The van der Waals surface area contributed by atoms with Crippen molar-refractivity contribution in [3.05, 3.63) is 30.1 Å². The fraction of sp³-hybridized carbons (Fsp3) is 0.529. The van der Waals surface area contributed by atoms with Crippen LogP contribution in [0.2, 0.25) is 0 Å². The first-order valence-electron chi connectivity index (χ1n) is 8.08. The Hall–Kier alpha value is -0.950. The smallest absolute Gasteiger partial charge is 0.242 e. The summed E-state index contributed by atoms with van der Waals surface area (Å²) in [6.07, 6.45) is 3.16. The second-order valence-corrected chi connectivity index (χ2v) is 6.95. The Balaban J connectivity index is 0.00000156. The topological polar surface area (TPSA) is 50.2 Å². The first-order valence-corrected chi connectivity index (χ1v) is 9.47. The maximum absolute atomic E-state index is 12.7. The van der Waals surface area contributed by atoms with E-state index in [9.17, 15) is 4.79 Å². The molecule has 1 aliphatic rings. The molecule has 5 nitrogen and oxygen atoms in total. The molecule has 1 aromatic carbocycles. The van der Waals surface area contributed by atoms with Crippen molar-refractivity contribution in [1.29, 1.82) is 0 Å². The molecule has 1 saturated heterocycles. The molecule has 3 rings (SSSR count). The van der Waals surface area contributed by atoms with E-state index in [4.69, 9.17) is 0 Å². The fourth-order valence-corrected chi connectivity index (χ4v) is 3.77. The zero-order chi connectivity index (χ0) is 16.2. The van der Waals surface area contributed by atoms with Crippen LogP contribution in [0, 0.1) is 5.92 Å². The number of benzene rings is 1. The van der Waals surface area contributed by atoms with Crippen molar-refractivity contribution in [3.8, 4) is 0 Å². The second-order valence-electron chi connectivity index (χ2n) is 6.09. The third-order valence-electron chi connectivity index (χ3n) is 4.43. The van der Waals surface area contributed by atoms with Gasteiger partial charge in [0.25, 0.3) is 0 Å². The molecule has 0 aliphatic carbocycles. The number of carbonyl (C=O) groups excluding carboxylic acids is 1. The average Bonchev–Trinajstić information content (AvgIpc) is 3.14. The SMILES string of the molecule is CNCC1CCN(C(=O)Cn2c(CSC)nc3ccccc32)C1.Cl.Cl. The van der Waals surface area contributed by atoms with Gasteiger partial charge in [0, 0.05) is 13.1 Å². The Morgan fingerprint density at radius 1 is 1.36 bits per heavy atom. The number of amides is 1. The summed E-state index contributed by atoms with van der Waals surface area (Å²) < 4.78 is 2.08. The Morgan fingerprint density at radius 3 is 2.84 bits per heavy atom. The Bertz CT molecular complexity index is 694. The van der Waals surface area contributed by atoms with Gasteiger partial charge in [-0.25, -0.2) is 4.98 Å². The van der Waals surface area contributed by atoms with E-state index in [0.717, 1.165) is 48.7 Å². The molecule has 1 atom stereocenters. The van der Waals surface area contributed by atoms with Gasteiger partial charge in [-0.3, -0.25) is 4.79 Å². The normalized spacial score (nSPS) is 16.6. The van der Waals surface area contributed by atoms with E-state index in [-0.39, 0.29) is 30.7 Å². The van der Waals surface area contributed by atoms with Crippen molar-refractivity contribution >= 4 is 53.5 Å². The molecule has 1 aromatic heterocycles. The summed E-state index contributed by atoms with van der Waals surface area (Å²) in [5, 5.41) is 3.21. The molecule has 0 radical (unpaired) electrons. The summed E-state index contributed by atoms with van der Waals surface area (Å²) in [7, 11) is 1.97. The van der Waals surface area contributed by atoms with Crippen molar-refractivity contribution in [3.63, 3.8) is 0 Å². The summed E-state index contributed by atoms with van der Waals surface area (Å²) in [4.78, 5) is 19.4. The summed E-state index contributed by atoms with van der Waals surface area (Å²) in [5.74, 6) is 2.59. The van der Waals surface area contributed by atoms with Crippen molar-refractivity contribution in [2.75, 3.05) is 32.9 Å². The van der Waals surface area contributed by atoms with Crippen LogP contribution in [0.1, 0.15) is 12.2 Å². The number of hydrogen-bond acceptors (Lipinski definition) is 4. The zero-order valence-corrected chi connectivity index (χ0v) is 17.1.